The predicted octanol–water partition coefficient (Wildman–Crippen LogP) is 0.396. The van der Waals surface area contributed by atoms with Gasteiger partial charge in [0, 0.05) is 0 Å². The summed E-state index contributed by atoms with van der Waals surface area (Å²) >= 11 is 0. The lowest BCUT2D eigenvalue weighted by molar-refractivity contribution is 0.626. The van der Waals surface area contributed by atoms with Crippen LogP contribution in [-0.4, -0.2) is 5.96 Å². The molecule has 62 valence electrons. The molecular formula is C6H18N4. The van der Waals surface area contributed by atoms with Crippen LogP contribution in [0.4, 0.5) is 0 Å². The van der Waals surface area contributed by atoms with Crippen LogP contribution in [0.2, 0.25) is 0 Å². The van der Waals surface area contributed by atoms with Crippen LogP contribution in [0.3, 0.4) is 0 Å². The Balaban J connectivity index is 0. The second-order valence-corrected chi connectivity index (χ2v) is 2.36. The van der Waals surface area contributed by atoms with Crippen molar-refractivity contribution in [2.24, 2.45) is 17.5 Å². The third-order valence-electron chi connectivity index (χ3n) is 0.972. The van der Waals surface area contributed by atoms with E-state index < -0.39 is 0 Å². The molecule has 0 aliphatic rings. The fraction of sp³-hybridized carbons (Fsp3) is 0.833. The number of hydrazine groups is 1. The Morgan fingerprint density at radius 1 is 1.60 bits per heavy atom. The van der Waals surface area contributed by atoms with Gasteiger partial charge in [-0.3, -0.25) is 10.8 Å². The minimum absolute atomic E-state index is 0.218. The summed E-state index contributed by atoms with van der Waals surface area (Å²) < 4.78 is 0. The molecule has 0 saturated heterocycles. The molecule has 0 spiro atoms. The second kappa shape index (κ2) is 8.23. The van der Waals surface area contributed by atoms with Crippen LogP contribution in [0, 0.1) is 11.3 Å². The molecule has 0 atom stereocenters. The molecule has 0 aromatic carbocycles. The smallest absolute Gasteiger partial charge is 0.200 e. The largest absolute Gasteiger partial charge is 0.369 e. The van der Waals surface area contributed by atoms with Crippen LogP contribution < -0.4 is 17.0 Å². The van der Waals surface area contributed by atoms with Gasteiger partial charge in [-0.05, 0) is 5.92 Å². The summed E-state index contributed by atoms with van der Waals surface area (Å²) in [5, 5.41) is 6.28. The molecule has 0 aromatic rings. The highest BCUT2D eigenvalue weighted by Gasteiger charge is 1.80. The van der Waals surface area contributed by atoms with Gasteiger partial charge in [0.15, 0.2) is 5.96 Å². The summed E-state index contributed by atoms with van der Waals surface area (Å²) in [5.74, 6) is 5.24. The lowest BCUT2D eigenvalue weighted by Gasteiger charge is -1.90. The third-order valence-corrected chi connectivity index (χ3v) is 0.972. The molecule has 0 radical (unpaired) electrons. The molecule has 4 heteroatoms. The average Bonchev–Trinajstić information content (AvgIpc) is 1.89. The zero-order valence-electron chi connectivity index (χ0n) is 6.94. The Labute approximate surface area is 62.5 Å². The summed E-state index contributed by atoms with van der Waals surface area (Å²) in [4.78, 5) is 0. The molecule has 0 heterocycles. The van der Waals surface area contributed by atoms with E-state index in [1.807, 2.05) is 5.43 Å². The minimum Gasteiger partial charge on any atom is -0.369 e. The van der Waals surface area contributed by atoms with Gasteiger partial charge in [0.2, 0.25) is 0 Å². The van der Waals surface area contributed by atoms with Crippen molar-refractivity contribution < 1.29 is 0 Å². The molecule has 6 N–H and O–H groups in total. The van der Waals surface area contributed by atoms with Crippen LogP contribution in [0.5, 0.6) is 0 Å². The molecular weight excluding hydrogens is 128 g/mol. The van der Waals surface area contributed by atoms with Gasteiger partial charge in [-0.25, -0.2) is 5.84 Å². The van der Waals surface area contributed by atoms with Gasteiger partial charge in [0.1, 0.15) is 0 Å². The molecule has 0 rings (SSSR count). The maximum Gasteiger partial charge on any atom is 0.200 e. The van der Waals surface area contributed by atoms with E-state index in [2.05, 4.69) is 32.3 Å². The zero-order valence-corrected chi connectivity index (χ0v) is 6.94. The van der Waals surface area contributed by atoms with Gasteiger partial charge in [-0.1, -0.05) is 27.2 Å². The number of hydrogen-bond acceptors (Lipinski definition) is 2. The van der Waals surface area contributed by atoms with E-state index >= 15 is 0 Å². The van der Waals surface area contributed by atoms with Gasteiger partial charge >= 0.3 is 0 Å². The van der Waals surface area contributed by atoms with Crippen LogP contribution in [-0.2, 0) is 0 Å². The van der Waals surface area contributed by atoms with E-state index in [0.29, 0.717) is 0 Å². The van der Waals surface area contributed by atoms with E-state index in [9.17, 15) is 0 Å². The minimum atomic E-state index is -0.218. The fourth-order valence-electron chi connectivity index (χ4n) is 0. The molecule has 0 saturated carbocycles. The molecule has 0 unspecified atom stereocenters. The van der Waals surface area contributed by atoms with Gasteiger partial charge in [0.25, 0.3) is 0 Å². The number of guanidine groups is 1. The van der Waals surface area contributed by atoms with Gasteiger partial charge in [-0.2, -0.15) is 0 Å². The zero-order chi connectivity index (χ0) is 8.57. The number of nitrogens with two attached hydrogens (primary N) is 2. The van der Waals surface area contributed by atoms with Crippen molar-refractivity contribution in [3.8, 4) is 0 Å². The highest BCUT2D eigenvalue weighted by molar-refractivity contribution is 5.73. The summed E-state index contributed by atoms with van der Waals surface area (Å²) in [6.45, 7) is 6.64. The number of rotatable bonds is 1. The quantitative estimate of drug-likeness (QED) is 0.187. The topological polar surface area (TPSA) is 87.9 Å². The van der Waals surface area contributed by atoms with Crippen molar-refractivity contribution in [1.29, 1.82) is 5.41 Å². The molecule has 0 aliphatic carbocycles. The highest BCUT2D eigenvalue weighted by Crippen LogP contribution is 1.93. The van der Waals surface area contributed by atoms with Gasteiger partial charge in [0.05, 0.1) is 0 Å². The van der Waals surface area contributed by atoms with Crippen molar-refractivity contribution in [1.82, 2.24) is 5.43 Å². The third kappa shape index (κ3) is 26.9. The average molecular weight is 146 g/mol. The van der Waals surface area contributed by atoms with E-state index in [4.69, 9.17) is 5.41 Å². The Morgan fingerprint density at radius 2 is 1.80 bits per heavy atom. The first kappa shape index (κ1) is 12.0. The highest BCUT2D eigenvalue weighted by atomic mass is 15.3. The summed E-state index contributed by atoms with van der Waals surface area (Å²) in [5.41, 5.74) is 6.53. The number of nitrogens with one attached hydrogen (secondary N) is 2. The van der Waals surface area contributed by atoms with Gasteiger partial charge in [-0.15, -0.1) is 0 Å². The molecule has 10 heavy (non-hydrogen) atoms. The first-order valence-electron chi connectivity index (χ1n) is 3.35. The van der Waals surface area contributed by atoms with Crippen molar-refractivity contribution >= 4 is 5.96 Å². The number of hydrogen-bond donors (Lipinski definition) is 4. The fourth-order valence-corrected chi connectivity index (χ4v) is 0. The summed E-state index contributed by atoms with van der Waals surface area (Å²) in [7, 11) is 0. The van der Waals surface area contributed by atoms with E-state index in [0.717, 1.165) is 5.92 Å². The molecule has 4 nitrogen and oxygen atoms in total. The van der Waals surface area contributed by atoms with Crippen molar-refractivity contribution in [3.05, 3.63) is 0 Å². The van der Waals surface area contributed by atoms with Crippen molar-refractivity contribution in [3.63, 3.8) is 0 Å². The molecule has 0 aromatic heterocycles. The Bertz CT molecular complexity index is 79.8. The second-order valence-electron chi connectivity index (χ2n) is 2.36. The Kier molecular flexibility index (Phi) is 9.84. The SMILES string of the molecule is CCC(C)C.N=C(N)NN. The first-order valence-corrected chi connectivity index (χ1v) is 3.35. The lowest BCUT2D eigenvalue weighted by atomic mass is 10.2. The van der Waals surface area contributed by atoms with Crippen LogP contribution in [0.15, 0.2) is 0 Å². The van der Waals surface area contributed by atoms with Crippen molar-refractivity contribution in [2.75, 3.05) is 0 Å². The summed E-state index contributed by atoms with van der Waals surface area (Å²) in [6.07, 6.45) is 1.31. The first-order chi connectivity index (χ1) is 4.54. The Morgan fingerprint density at radius 3 is 1.80 bits per heavy atom. The van der Waals surface area contributed by atoms with Crippen molar-refractivity contribution in [2.45, 2.75) is 27.2 Å². The van der Waals surface area contributed by atoms with E-state index in [1.54, 1.807) is 0 Å². The molecule has 0 fully saturated rings. The van der Waals surface area contributed by atoms with Crippen LogP contribution in [0.25, 0.3) is 0 Å². The molecule has 0 amide bonds. The normalized spacial score (nSPS) is 8.10. The van der Waals surface area contributed by atoms with Gasteiger partial charge < -0.3 is 5.73 Å². The molecule has 0 bridgehead atoms. The lowest BCUT2D eigenvalue weighted by Crippen LogP contribution is -2.35. The maximum atomic E-state index is 6.28. The monoisotopic (exact) mass is 146 g/mol. The van der Waals surface area contributed by atoms with Crippen LogP contribution >= 0.6 is 0 Å². The van der Waals surface area contributed by atoms with Crippen LogP contribution in [0.1, 0.15) is 27.2 Å². The van der Waals surface area contributed by atoms with E-state index in [-0.39, 0.29) is 5.96 Å². The van der Waals surface area contributed by atoms with E-state index in [1.165, 1.54) is 6.42 Å². The predicted molar refractivity (Wildman–Crippen MR) is 44.4 cm³/mol. The standard InChI is InChI=1S/C5H12.CH6N4/c1-4-5(2)3;2-1(3)5-4/h5H,4H2,1-3H3;4H2,(H4,2,3,5). The summed E-state index contributed by atoms with van der Waals surface area (Å²) in [6, 6.07) is 0. The molecule has 0 aliphatic heterocycles. The maximum absolute atomic E-state index is 6.28. The Hall–Kier alpha value is -0.770.